The molecule has 0 unspecified atom stereocenters. The highest BCUT2D eigenvalue weighted by molar-refractivity contribution is 6.21. The largest absolute Gasteiger partial charge is 0.367 e. The zero-order valence-corrected chi connectivity index (χ0v) is 10.8. The predicted octanol–water partition coefficient (Wildman–Crippen LogP) is 1.65. The average Bonchev–Trinajstić information content (AvgIpc) is 3.08. The maximum Gasteiger partial charge on any atom is 0.367 e. The van der Waals surface area contributed by atoms with Crippen LogP contribution in [0.1, 0.15) is 37.6 Å². The van der Waals surface area contributed by atoms with Crippen molar-refractivity contribution in [2.24, 2.45) is 0 Å². The van der Waals surface area contributed by atoms with E-state index in [1.165, 1.54) is 12.1 Å². The van der Waals surface area contributed by atoms with Crippen LogP contribution in [-0.4, -0.2) is 32.6 Å². The summed E-state index contributed by atoms with van der Waals surface area (Å²) >= 11 is 0. The number of halogens is 2. The lowest BCUT2D eigenvalue weighted by atomic mass is 10.1. The SMILES string of the molecule is O=C(ON1C(=O)c2ccccc2C1=O)c1cnn(C(F)F)c1. The first-order valence-electron chi connectivity index (χ1n) is 6.01. The second-order valence-corrected chi connectivity index (χ2v) is 4.32. The van der Waals surface area contributed by atoms with Crippen molar-refractivity contribution in [3.8, 4) is 0 Å². The molecule has 0 spiro atoms. The van der Waals surface area contributed by atoms with Gasteiger partial charge in [0.15, 0.2) is 0 Å². The Morgan fingerprint density at radius 3 is 2.23 bits per heavy atom. The van der Waals surface area contributed by atoms with Crippen molar-refractivity contribution in [1.29, 1.82) is 0 Å². The minimum absolute atomic E-state index is 0.101. The Kier molecular flexibility index (Phi) is 3.17. The van der Waals surface area contributed by atoms with Gasteiger partial charge in [0.1, 0.15) is 5.56 Å². The lowest BCUT2D eigenvalue weighted by Crippen LogP contribution is -2.32. The first kappa shape index (κ1) is 13.9. The molecule has 112 valence electrons. The van der Waals surface area contributed by atoms with Crippen molar-refractivity contribution in [1.82, 2.24) is 14.8 Å². The van der Waals surface area contributed by atoms with E-state index in [4.69, 9.17) is 4.84 Å². The summed E-state index contributed by atoms with van der Waals surface area (Å²) in [5.41, 5.74) is -0.107. The van der Waals surface area contributed by atoms with Crippen LogP contribution in [0.15, 0.2) is 36.7 Å². The molecule has 0 saturated carbocycles. The first-order valence-corrected chi connectivity index (χ1v) is 6.01. The summed E-state index contributed by atoms with van der Waals surface area (Å²) in [6.07, 6.45) is 1.61. The van der Waals surface area contributed by atoms with E-state index >= 15 is 0 Å². The Balaban J connectivity index is 1.80. The Labute approximate surface area is 121 Å². The van der Waals surface area contributed by atoms with Gasteiger partial charge in [-0.15, -0.1) is 0 Å². The van der Waals surface area contributed by atoms with Crippen LogP contribution in [0.5, 0.6) is 0 Å². The molecule has 0 N–H and O–H groups in total. The molecular formula is C13H7F2N3O4. The molecule has 2 amide bonds. The van der Waals surface area contributed by atoms with Crippen LogP contribution in [0.25, 0.3) is 0 Å². The van der Waals surface area contributed by atoms with E-state index in [0.29, 0.717) is 5.06 Å². The number of fused-ring (bicyclic) bond motifs is 1. The zero-order chi connectivity index (χ0) is 15.9. The maximum absolute atomic E-state index is 12.4. The van der Waals surface area contributed by atoms with E-state index < -0.39 is 24.3 Å². The van der Waals surface area contributed by atoms with E-state index in [1.54, 1.807) is 12.1 Å². The Morgan fingerprint density at radius 2 is 1.73 bits per heavy atom. The molecule has 2 aromatic rings. The van der Waals surface area contributed by atoms with Crippen LogP contribution in [-0.2, 0) is 4.84 Å². The number of amides is 2. The molecule has 1 aliphatic rings. The van der Waals surface area contributed by atoms with E-state index in [2.05, 4.69) is 5.10 Å². The number of hydrogen-bond acceptors (Lipinski definition) is 5. The molecule has 22 heavy (non-hydrogen) atoms. The molecule has 0 saturated heterocycles. The summed E-state index contributed by atoms with van der Waals surface area (Å²) in [7, 11) is 0. The number of carbonyl (C=O) groups is 3. The molecule has 0 atom stereocenters. The molecule has 0 fully saturated rings. The van der Waals surface area contributed by atoms with Gasteiger partial charge in [-0.25, -0.2) is 9.48 Å². The van der Waals surface area contributed by atoms with Gasteiger partial charge in [-0.1, -0.05) is 17.2 Å². The van der Waals surface area contributed by atoms with Crippen LogP contribution in [0, 0.1) is 0 Å². The smallest absolute Gasteiger partial charge is 0.324 e. The van der Waals surface area contributed by atoms with E-state index in [-0.39, 0.29) is 21.4 Å². The number of imide groups is 1. The normalized spacial score (nSPS) is 13.7. The van der Waals surface area contributed by atoms with E-state index in [9.17, 15) is 23.2 Å². The molecule has 0 radical (unpaired) electrons. The number of hydroxylamine groups is 2. The van der Waals surface area contributed by atoms with Crippen LogP contribution >= 0.6 is 0 Å². The van der Waals surface area contributed by atoms with Gasteiger partial charge in [0.2, 0.25) is 0 Å². The molecular weight excluding hydrogens is 300 g/mol. The molecule has 2 heterocycles. The molecule has 0 aliphatic carbocycles. The molecule has 9 heteroatoms. The molecule has 1 aromatic heterocycles. The highest BCUT2D eigenvalue weighted by Gasteiger charge is 2.38. The van der Waals surface area contributed by atoms with Crippen molar-refractivity contribution in [2.75, 3.05) is 0 Å². The molecule has 3 rings (SSSR count). The number of aromatic nitrogens is 2. The minimum atomic E-state index is -2.92. The Morgan fingerprint density at radius 1 is 1.14 bits per heavy atom. The van der Waals surface area contributed by atoms with Crippen LogP contribution in [0.4, 0.5) is 8.78 Å². The van der Waals surface area contributed by atoms with Gasteiger partial charge in [-0.3, -0.25) is 9.59 Å². The van der Waals surface area contributed by atoms with Gasteiger partial charge < -0.3 is 4.84 Å². The summed E-state index contributed by atoms with van der Waals surface area (Å²) in [6, 6.07) is 5.94. The van der Waals surface area contributed by atoms with Crippen LogP contribution in [0.3, 0.4) is 0 Å². The van der Waals surface area contributed by atoms with Gasteiger partial charge in [0, 0.05) is 6.20 Å². The van der Waals surface area contributed by atoms with Crippen molar-refractivity contribution in [2.45, 2.75) is 6.55 Å². The average molecular weight is 307 g/mol. The van der Waals surface area contributed by atoms with Gasteiger partial charge in [-0.2, -0.15) is 13.9 Å². The third-order valence-electron chi connectivity index (χ3n) is 2.97. The van der Waals surface area contributed by atoms with Gasteiger partial charge in [0.05, 0.1) is 17.3 Å². The monoisotopic (exact) mass is 307 g/mol. The fourth-order valence-corrected chi connectivity index (χ4v) is 1.94. The van der Waals surface area contributed by atoms with Crippen LogP contribution in [0.2, 0.25) is 0 Å². The number of benzene rings is 1. The van der Waals surface area contributed by atoms with Gasteiger partial charge in [0.25, 0.3) is 11.8 Å². The van der Waals surface area contributed by atoms with Gasteiger partial charge in [-0.05, 0) is 12.1 Å². The Bertz CT molecular complexity index is 752. The second-order valence-electron chi connectivity index (χ2n) is 4.32. The number of nitrogens with zero attached hydrogens (tertiary/aromatic N) is 3. The first-order chi connectivity index (χ1) is 10.5. The lowest BCUT2D eigenvalue weighted by molar-refractivity contribution is -0.0585. The van der Waals surface area contributed by atoms with Crippen molar-refractivity contribution >= 4 is 17.8 Å². The molecule has 0 bridgehead atoms. The summed E-state index contributed by atoms with van der Waals surface area (Å²) < 4.78 is 25.0. The number of alkyl halides is 2. The number of carbonyl (C=O) groups excluding carboxylic acids is 3. The summed E-state index contributed by atoms with van der Waals surface area (Å²) in [5, 5.41) is 3.56. The van der Waals surface area contributed by atoms with Crippen molar-refractivity contribution in [3.05, 3.63) is 53.3 Å². The minimum Gasteiger partial charge on any atom is -0.324 e. The maximum atomic E-state index is 12.4. The standard InChI is InChI=1S/C13H7F2N3O4/c14-13(15)17-6-7(5-16-17)12(21)22-18-10(19)8-3-1-2-4-9(8)11(18)20/h1-6,13H. The highest BCUT2D eigenvalue weighted by Crippen LogP contribution is 2.23. The predicted molar refractivity (Wildman–Crippen MR) is 65.8 cm³/mol. The molecule has 7 nitrogen and oxygen atoms in total. The highest BCUT2D eigenvalue weighted by atomic mass is 19.3. The quantitative estimate of drug-likeness (QED) is 0.805. The van der Waals surface area contributed by atoms with Crippen molar-refractivity contribution in [3.63, 3.8) is 0 Å². The molecule has 1 aliphatic heterocycles. The summed E-state index contributed by atoms with van der Waals surface area (Å²) in [4.78, 5) is 40.5. The topological polar surface area (TPSA) is 81.5 Å². The zero-order valence-electron chi connectivity index (χ0n) is 10.8. The molecule has 1 aromatic carbocycles. The third-order valence-corrected chi connectivity index (χ3v) is 2.97. The number of hydrogen-bond donors (Lipinski definition) is 0. The van der Waals surface area contributed by atoms with Crippen molar-refractivity contribution < 1.29 is 28.0 Å². The Hall–Kier alpha value is -3.10. The second kappa shape index (κ2) is 5.02. The van der Waals surface area contributed by atoms with Crippen LogP contribution < -0.4 is 0 Å². The van der Waals surface area contributed by atoms with Gasteiger partial charge >= 0.3 is 12.5 Å². The number of rotatable bonds is 3. The van der Waals surface area contributed by atoms with E-state index in [1.807, 2.05) is 0 Å². The third kappa shape index (κ3) is 2.12. The fourth-order valence-electron chi connectivity index (χ4n) is 1.94. The summed E-state index contributed by atoms with van der Waals surface area (Å²) in [5.74, 6) is -2.73. The van der Waals surface area contributed by atoms with E-state index in [0.717, 1.165) is 12.4 Å². The fraction of sp³-hybridized carbons (Fsp3) is 0.0769. The summed E-state index contributed by atoms with van der Waals surface area (Å²) in [6.45, 7) is -2.92. The lowest BCUT2D eigenvalue weighted by Gasteiger charge is -2.11.